The van der Waals surface area contributed by atoms with Gasteiger partial charge in [-0.3, -0.25) is 0 Å². The fraction of sp³-hybridized carbons (Fsp3) is 1.00. The number of sulfone groups is 1. The minimum absolute atomic E-state index is 0.327. The molecule has 0 spiro atoms. The van der Waals surface area contributed by atoms with Crippen molar-refractivity contribution in [1.82, 2.24) is 0 Å². The average Bonchev–Trinajstić information content (AvgIpc) is 3.55. The molecule has 0 heterocycles. The van der Waals surface area contributed by atoms with E-state index in [1.54, 1.807) is 0 Å². The van der Waals surface area contributed by atoms with E-state index in [4.69, 9.17) is 0 Å². The minimum Gasteiger partial charge on any atom is -0.229 e. The van der Waals surface area contributed by atoms with Crippen molar-refractivity contribution >= 4 is 9.84 Å². The molecule has 1 fully saturated rings. The largest absolute Gasteiger partial charge is 0.229 e. The molecule has 1 aliphatic rings. The fourth-order valence-corrected chi connectivity index (χ4v) is 7.27. The predicted molar refractivity (Wildman–Crippen MR) is 186 cm³/mol. The first kappa shape index (κ1) is 44.4. The Balaban J connectivity index is -0.000000467. The zero-order chi connectivity index (χ0) is 32.4. The molecule has 1 saturated carbocycles. The van der Waals surface area contributed by atoms with Gasteiger partial charge in [0.1, 0.15) is 9.84 Å². The van der Waals surface area contributed by atoms with E-state index < -0.39 is 9.84 Å². The number of hydrogen-bond acceptors (Lipinski definition) is 2. The molecule has 3 heteroatoms. The highest BCUT2D eigenvalue weighted by Crippen LogP contribution is 2.57. The Morgan fingerprint density at radius 2 is 0.900 bits per heavy atom. The molecule has 0 unspecified atom stereocenters. The van der Waals surface area contributed by atoms with Crippen molar-refractivity contribution in [2.75, 3.05) is 12.0 Å². The van der Waals surface area contributed by atoms with Crippen LogP contribution < -0.4 is 0 Å². The quantitative estimate of drug-likeness (QED) is 0.202. The molecular weight excluding hydrogens is 508 g/mol. The predicted octanol–water partition coefficient (Wildman–Crippen LogP) is 12.2. The molecule has 0 aromatic heterocycles. The lowest BCUT2D eigenvalue weighted by molar-refractivity contribution is 0.260. The average molecular weight is 589 g/mol. The van der Waals surface area contributed by atoms with Gasteiger partial charge in [-0.25, -0.2) is 8.42 Å². The lowest BCUT2D eigenvalue weighted by Gasteiger charge is -2.24. The van der Waals surface area contributed by atoms with Crippen molar-refractivity contribution in [1.29, 1.82) is 0 Å². The summed E-state index contributed by atoms with van der Waals surface area (Å²) in [6, 6.07) is 0. The van der Waals surface area contributed by atoms with Crippen molar-refractivity contribution in [2.45, 2.75) is 163 Å². The highest BCUT2D eigenvalue weighted by atomic mass is 32.2. The topological polar surface area (TPSA) is 34.1 Å². The van der Waals surface area contributed by atoms with Gasteiger partial charge in [-0.15, -0.1) is 0 Å². The van der Waals surface area contributed by atoms with Gasteiger partial charge in [0.15, 0.2) is 0 Å². The van der Waals surface area contributed by atoms with Gasteiger partial charge < -0.3 is 0 Å². The van der Waals surface area contributed by atoms with Crippen LogP contribution in [0.4, 0.5) is 0 Å². The monoisotopic (exact) mass is 589 g/mol. The van der Waals surface area contributed by atoms with E-state index in [9.17, 15) is 8.42 Å². The number of rotatable bonds is 14. The summed E-state index contributed by atoms with van der Waals surface area (Å²) in [6.45, 7) is 38.8. The van der Waals surface area contributed by atoms with E-state index in [0.717, 1.165) is 53.3 Å². The van der Waals surface area contributed by atoms with Crippen LogP contribution in [0.25, 0.3) is 0 Å². The zero-order valence-electron chi connectivity index (χ0n) is 31.2. The molecule has 0 radical (unpaired) electrons. The third-order valence-corrected chi connectivity index (χ3v) is 10.2. The molecule has 0 amide bonds. The highest BCUT2D eigenvalue weighted by Gasteiger charge is 2.47. The molecule has 0 aromatic carbocycles. The van der Waals surface area contributed by atoms with Crippen LogP contribution in [0.3, 0.4) is 0 Å². The summed E-state index contributed by atoms with van der Waals surface area (Å²) in [5.41, 5.74) is 0.750. The van der Waals surface area contributed by atoms with Crippen LogP contribution in [-0.2, 0) is 9.84 Å². The molecule has 40 heavy (non-hydrogen) atoms. The smallest absolute Gasteiger partial charge is 0.147 e. The lowest BCUT2D eigenvalue weighted by atomic mass is 9.82. The summed E-state index contributed by atoms with van der Waals surface area (Å²) >= 11 is 0. The van der Waals surface area contributed by atoms with Crippen molar-refractivity contribution in [2.24, 2.45) is 64.6 Å². The van der Waals surface area contributed by atoms with Crippen molar-refractivity contribution < 1.29 is 8.42 Å². The molecule has 246 valence electrons. The summed E-state index contributed by atoms with van der Waals surface area (Å²) in [5, 5.41) is 0. The number of hydrogen-bond donors (Lipinski definition) is 0. The van der Waals surface area contributed by atoms with Crippen LogP contribution in [0.15, 0.2) is 0 Å². The van der Waals surface area contributed by atoms with Crippen molar-refractivity contribution in [3.8, 4) is 0 Å². The van der Waals surface area contributed by atoms with Crippen LogP contribution in [0.2, 0.25) is 0 Å². The maximum absolute atomic E-state index is 11.0. The van der Waals surface area contributed by atoms with E-state index in [-0.39, 0.29) is 0 Å². The van der Waals surface area contributed by atoms with E-state index in [1.807, 2.05) is 0 Å². The van der Waals surface area contributed by atoms with Gasteiger partial charge in [-0.05, 0) is 96.7 Å². The standard InChI is InChI=1S/C11H24.C10H22O2S.C9H18.C7H16/c1-6-7-8-11(9(2)3)10(4)5;1-8(2)10(9(3)4)6-7-13(5,11)12;1-7(2)9(5-6-9)8(3)4;1-6(2)5-7(3)4/h9-11H,6-8H2,1-5H3;8-10H,6-7H2,1-5H3;7-8H,5-6H2,1-4H3;6-7H,5H2,1-4H3. The van der Waals surface area contributed by atoms with Gasteiger partial charge in [0, 0.05) is 6.26 Å². The third-order valence-electron chi connectivity index (χ3n) is 9.21. The van der Waals surface area contributed by atoms with Crippen molar-refractivity contribution in [3.63, 3.8) is 0 Å². The van der Waals surface area contributed by atoms with E-state index in [0.29, 0.717) is 23.5 Å². The Kier molecular flexibility index (Phi) is 25.0. The molecule has 0 N–H and O–H groups in total. The molecule has 0 aliphatic heterocycles. The summed E-state index contributed by atoms with van der Waals surface area (Å²) in [4.78, 5) is 0. The van der Waals surface area contributed by atoms with Gasteiger partial charge in [0.25, 0.3) is 0 Å². The summed E-state index contributed by atoms with van der Waals surface area (Å²) in [6.07, 6.45) is 10.6. The first-order chi connectivity index (χ1) is 18.0. The second-order valence-electron chi connectivity index (χ2n) is 15.9. The van der Waals surface area contributed by atoms with Gasteiger partial charge in [-0.2, -0.15) is 0 Å². The normalized spacial score (nSPS) is 14.8. The van der Waals surface area contributed by atoms with Gasteiger partial charge in [0.2, 0.25) is 0 Å². The Morgan fingerprint density at radius 1 is 0.575 bits per heavy atom. The molecule has 0 atom stereocenters. The number of unbranched alkanes of at least 4 members (excludes halogenated alkanes) is 1. The summed E-state index contributed by atoms with van der Waals surface area (Å²) < 4.78 is 22.0. The molecular formula is C37H80O2S. The third kappa shape index (κ3) is 23.5. The fourth-order valence-electron chi connectivity index (χ4n) is 6.57. The molecule has 0 saturated heterocycles. The zero-order valence-corrected chi connectivity index (χ0v) is 32.0. The Morgan fingerprint density at radius 3 is 1.05 bits per heavy atom. The van der Waals surface area contributed by atoms with Crippen molar-refractivity contribution in [3.05, 3.63) is 0 Å². The molecule has 2 nitrogen and oxygen atoms in total. The second-order valence-corrected chi connectivity index (χ2v) is 18.2. The van der Waals surface area contributed by atoms with Crippen LogP contribution >= 0.6 is 0 Å². The highest BCUT2D eigenvalue weighted by molar-refractivity contribution is 7.90. The lowest BCUT2D eigenvalue weighted by Crippen LogP contribution is -2.19. The molecule has 1 aliphatic carbocycles. The van der Waals surface area contributed by atoms with Crippen LogP contribution in [-0.4, -0.2) is 20.4 Å². The molecule has 1 rings (SSSR count). The van der Waals surface area contributed by atoms with Gasteiger partial charge in [0.05, 0.1) is 5.75 Å². The van der Waals surface area contributed by atoms with E-state index >= 15 is 0 Å². The Bertz CT molecular complexity index is 632. The summed E-state index contributed by atoms with van der Waals surface area (Å²) in [7, 11) is -2.79. The van der Waals surface area contributed by atoms with Gasteiger partial charge >= 0.3 is 0 Å². The van der Waals surface area contributed by atoms with Gasteiger partial charge in [-0.1, -0.05) is 131 Å². The van der Waals surface area contributed by atoms with Crippen LogP contribution in [0.5, 0.6) is 0 Å². The Labute approximate surface area is 257 Å². The molecule has 0 aromatic rings. The first-order valence-electron chi connectivity index (χ1n) is 17.2. The van der Waals surface area contributed by atoms with Crippen LogP contribution in [0.1, 0.15) is 163 Å². The van der Waals surface area contributed by atoms with Crippen LogP contribution in [0, 0.1) is 64.6 Å². The minimum atomic E-state index is -2.79. The SMILES string of the molecule is CC(C)C(CCS(C)(=O)=O)C(C)C.CC(C)C1(C(C)C)CC1.CC(C)CC(C)C.CCCCC(C(C)C)C(C)C. The van der Waals surface area contributed by atoms with E-state index in [2.05, 4.69) is 118 Å². The second kappa shape index (κ2) is 22.5. The van der Waals surface area contributed by atoms with E-state index in [1.165, 1.54) is 44.8 Å². The Hall–Kier alpha value is -0.0500. The molecule has 0 bridgehead atoms. The first-order valence-corrected chi connectivity index (χ1v) is 19.3. The summed E-state index contributed by atoms with van der Waals surface area (Å²) in [5.74, 6) is 8.21. The maximum atomic E-state index is 11.0. The maximum Gasteiger partial charge on any atom is 0.147 e.